The highest BCUT2D eigenvalue weighted by Gasteiger charge is 2.12. The molecule has 0 saturated heterocycles. The average Bonchev–Trinajstić information content (AvgIpc) is 2.43. The Bertz CT molecular complexity index is 727. The van der Waals surface area contributed by atoms with Gasteiger partial charge in [-0.25, -0.2) is 9.37 Å². The molecule has 2 aromatic rings. The quantitative estimate of drug-likeness (QED) is 0.883. The molecule has 7 heteroatoms. The first-order valence-corrected chi connectivity index (χ1v) is 6.22. The van der Waals surface area contributed by atoms with Gasteiger partial charge in [0, 0.05) is 16.4 Å². The number of halogens is 2. The lowest BCUT2D eigenvalue weighted by Gasteiger charge is -2.08. The van der Waals surface area contributed by atoms with E-state index < -0.39 is 11.7 Å². The van der Waals surface area contributed by atoms with Crippen molar-refractivity contribution < 1.29 is 9.18 Å². The third-order valence-electron chi connectivity index (χ3n) is 2.47. The standard InChI is InChI=1S/C13H8BrFN4O/c14-8-4-10(12(17)18-6-8)13(20)19-9-1-2-11(15)7(3-9)5-16/h1-4,6H,(H2,17,18)(H,19,20). The Kier molecular flexibility index (Phi) is 3.96. The van der Waals surface area contributed by atoms with E-state index in [2.05, 4.69) is 26.2 Å². The summed E-state index contributed by atoms with van der Waals surface area (Å²) in [6.45, 7) is 0. The predicted octanol–water partition coefficient (Wildman–Crippen LogP) is 2.69. The molecule has 0 atom stereocenters. The summed E-state index contributed by atoms with van der Waals surface area (Å²) >= 11 is 3.19. The van der Waals surface area contributed by atoms with E-state index in [1.807, 2.05) is 0 Å². The largest absolute Gasteiger partial charge is 0.383 e. The number of hydrogen-bond acceptors (Lipinski definition) is 4. The van der Waals surface area contributed by atoms with Crippen LogP contribution in [0.15, 0.2) is 34.9 Å². The van der Waals surface area contributed by atoms with E-state index in [4.69, 9.17) is 11.0 Å². The van der Waals surface area contributed by atoms with Crippen molar-refractivity contribution in [3.05, 3.63) is 51.9 Å². The van der Waals surface area contributed by atoms with E-state index in [0.29, 0.717) is 10.2 Å². The molecule has 0 unspecified atom stereocenters. The summed E-state index contributed by atoms with van der Waals surface area (Å²) in [5, 5.41) is 11.3. The second-order valence-corrected chi connectivity index (χ2v) is 4.76. The molecule has 1 aromatic carbocycles. The van der Waals surface area contributed by atoms with Crippen molar-refractivity contribution in [1.29, 1.82) is 5.26 Å². The molecule has 100 valence electrons. The number of rotatable bonds is 2. The van der Waals surface area contributed by atoms with Crippen LogP contribution in [0.2, 0.25) is 0 Å². The van der Waals surface area contributed by atoms with Crippen molar-refractivity contribution in [2.75, 3.05) is 11.1 Å². The van der Waals surface area contributed by atoms with Gasteiger partial charge in [0.2, 0.25) is 0 Å². The summed E-state index contributed by atoms with van der Waals surface area (Å²) in [5.41, 5.74) is 5.95. The van der Waals surface area contributed by atoms with E-state index in [-0.39, 0.29) is 16.9 Å². The van der Waals surface area contributed by atoms with Crippen molar-refractivity contribution in [1.82, 2.24) is 4.98 Å². The Morgan fingerprint density at radius 1 is 1.45 bits per heavy atom. The fraction of sp³-hybridized carbons (Fsp3) is 0. The lowest BCUT2D eigenvalue weighted by Crippen LogP contribution is -2.15. The Morgan fingerprint density at radius 3 is 2.90 bits per heavy atom. The number of hydrogen-bond donors (Lipinski definition) is 2. The summed E-state index contributed by atoms with van der Waals surface area (Å²) in [6, 6.07) is 6.93. The van der Waals surface area contributed by atoms with Gasteiger partial charge < -0.3 is 11.1 Å². The number of nitrogens with two attached hydrogens (primary N) is 1. The highest BCUT2D eigenvalue weighted by molar-refractivity contribution is 9.10. The Balaban J connectivity index is 2.28. The lowest BCUT2D eigenvalue weighted by atomic mass is 10.2. The number of benzene rings is 1. The van der Waals surface area contributed by atoms with Crippen LogP contribution in [0.5, 0.6) is 0 Å². The van der Waals surface area contributed by atoms with Crippen LogP contribution >= 0.6 is 15.9 Å². The lowest BCUT2D eigenvalue weighted by molar-refractivity contribution is 0.102. The molecule has 3 N–H and O–H groups in total. The predicted molar refractivity (Wildman–Crippen MR) is 75.4 cm³/mol. The van der Waals surface area contributed by atoms with Gasteiger partial charge in [-0.1, -0.05) is 0 Å². The average molecular weight is 335 g/mol. The number of nitrogens with zero attached hydrogens (tertiary/aromatic N) is 2. The van der Waals surface area contributed by atoms with Crippen LogP contribution in [0.3, 0.4) is 0 Å². The number of nitriles is 1. The van der Waals surface area contributed by atoms with Crippen LogP contribution in [0.25, 0.3) is 0 Å². The minimum atomic E-state index is -0.644. The van der Waals surface area contributed by atoms with Crippen LogP contribution in [0.1, 0.15) is 15.9 Å². The van der Waals surface area contributed by atoms with Gasteiger partial charge in [0.25, 0.3) is 5.91 Å². The van der Waals surface area contributed by atoms with Gasteiger partial charge in [-0.05, 0) is 40.2 Å². The highest BCUT2D eigenvalue weighted by atomic mass is 79.9. The van der Waals surface area contributed by atoms with Crippen LogP contribution in [0.4, 0.5) is 15.9 Å². The molecule has 0 aliphatic rings. The second kappa shape index (κ2) is 5.67. The van der Waals surface area contributed by atoms with Crippen molar-refractivity contribution in [2.24, 2.45) is 0 Å². The Labute approximate surface area is 122 Å². The molecule has 1 aromatic heterocycles. The number of nitrogen functional groups attached to an aromatic ring is 1. The molecule has 20 heavy (non-hydrogen) atoms. The molecule has 0 fully saturated rings. The van der Waals surface area contributed by atoms with Crippen molar-refractivity contribution in [3.63, 3.8) is 0 Å². The maximum atomic E-state index is 13.2. The van der Waals surface area contributed by atoms with Crippen LogP contribution in [-0.4, -0.2) is 10.9 Å². The van der Waals surface area contributed by atoms with Crippen molar-refractivity contribution >= 4 is 33.3 Å². The first-order chi connectivity index (χ1) is 9.51. The summed E-state index contributed by atoms with van der Waals surface area (Å²) in [5.74, 6) is -1.06. The zero-order valence-corrected chi connectivity index (χ0v) is 11.6. The normalized spacial score (nSPS) is 9.85. The number of aromatic nitrogens is 1. The molecular formula is C13H8BrFN4O. The summed E-state index contributed by atoms with van der Waals surface area (Å²) in [6.07, 6.45) is 1.47. The maximum Gasteiger partial charge on any atom is 0.259 e. The van der Waals surface area contributed by atoms with E-state index in [1.165, 1.54) is 24.4 Å². The minimum Gasteiger partial charge on any atom is -0.383 e. The molecule has 0 aliphatic carbocycles. The molecule has 0 aliphatic heterocycles. The number of carbonyl (C=O) groups is 1. The summed E-state index contributed by atoms with van der Waals surface area (Å²) < 4.78 is 13.8. The van der Waals surface area contributed by atoms with Gasteiger partial charge in [0.1, 0.15) is 17.7 Å². The molecule has 0 saturated carbocycles. The molecular weight excluding hydrogens is 327 g/mol. The van der Waals surface area contributed by atoms with Gasteiger partial charge in [-0.2, -0.15) is 5.26 Å². The van der Waals surface area contributed by atoms with E-state index in [1.54, 1.807) is 6.07 Å². The Hall–Kier alpha value is -2.46. The fourth-order valence-corrected chi connectivity index (χ4v) is 1.85. The first-order valence-electron chi connectivity index (χ1n) is 5.43. The molecule has 5 nitrogen and oxygen atoms in total. The van der Waals surface area contributed by atoms with Crippen LogP contribution < -0.4 is 11.1 Å². The minimum absolute atomic E-state index is 0.0771. The van der Waals surface area contributed by atoms with Crippen molar-refractivity contribution in [2.45, 2.75) is 0 Å². The van der Waals surface area contributed by atoms with Crippen molar-refractivity contribution in [3.8, 4) is 6.07 Å². The van der Waals surface area contributed by atoms with Gasteiger partial charge in [0.05, 0.1) is 11.1 Å². The van der Waals surface area contributed by atoms with Gasteiger partial charge >= 0.3 is 0 Å². The molecule has 2 rings (SSSR count). The third kappa shape index (κ3) is 2.92. The van der Waals surface area contributed by atoms with E-state index in [9.17, 15) is 9.18 Å². The summed E-state index contributed by atoms with van der Waals surface area (Å²) in [7, 11) is 0. The topological polar surface area (TPSA) is 91.8 Å². The molecule has 0 spiro atoms. The monoisotopic (exact) mass is 334 g/mol. The number of pyridine rings is 1. The van der Waals surface area contributed by atoms with Crippen LogP contribution in [0, 0.1) is 17.1 Å². The highest BCUT2D eigenvalue weighted by Crippen LogP contribution is 2.19. The zero-order valence-electron chi connectivity index (χ0n) is 10.0. The maximum absolute atomic E-state index is 13.2. The smallest absolute Gasteiger partial charge is 0.259 e. The molecule has 1 heterocycles. The van der Waals surface area contributed by atoms with Gasteiger partial charge in [-0.15, -0.1) is 0 Å². The van der Waals surface area contributed by atoms with E-state index >= 15 is 0 Å². The second-order valence-electron chi connectivity index (χ2n) is 3.85. The SMILES string of the molecule is N#Cc1cc(NC(=O)c2cc(Br)cnc2N)ccc1F. The number of amides is 1. The number of nitrogens with one attached hydrogen (secondary N) is 1. The summed E-state index contributed by atoms with van der Waals surface area (Å²) in [4.78, 5) is 15.9. The van der Waals surface area contributed by atoms with Gasteiger partial charge in [0.15, 0.2) is 0 Å². The number of carbonyl (C=O) groups excluding carboxylic acids is 1. The third-order valence-corrected chi connectivity index (χ3v) is 2.91. The van der Waals surface area contributed by atoms with Gasteiger partial charge in [-0.3, -0.25) is 4.79 Å². The van der Waals surface area contributed by atoms with Crippen LogP contribution in [-0.2, 0) is 0 Å². The fourth-order valence-electron chi connectivity index (χ4n) is 1.52. The number of anilines is 2. The zero-order chi connectivity index (χ0) is 14.7. The first kappa shape index (κ1) is 14.0. The molecule has 0 radical (unpaired) electrons. The molecule has 1 amide bonds. The molecule has 0 bridgehead atoms. The Morgan fingerprint density at radius 2 is 2.20 bits per heavy atom. The van der Waals surface area contributed by atoms with E-state index in [0.717, 1.165) is 6.07 Å².